The van der Waals surface area contributed by atoms with Gasteiger partial charge in [0.05, 0.1) is 0 Å². The number of halogens is 6. The Hall–Kier alpha value is -0.460. The molecule has 10 heavy (non-hydrogen) atoms. The van der Waals surface area contributed by atoms with Crippen molar-refractivity contribution in [3.63, 3.8) is 0 Å². The first-order chi connectivity index (χ1) is 4.19. The highest BCUT2D eigenvalue weighted by atomic mass is 19.4. The third-order valence-corrected chi connectivity index (χ3v) is 0.677. The first-order valence-corrected chi connectivity index (χ1v) is 1.96. The Morgan fingerprint density at radius 2 is 1.30 bits per heavy atom. The fourth-order valence-electron chi connectivity index (χ4n) is 0.135. The normalized spacial score (nSPS) is 17.1. The summed E-state index contributed by atoms with van der Waals surface area (Å²) in [7, 11) is 0. The molecule has 0 saturated heterocycles. The molecule has 0 amide bonds. The van der Waals surface area contributed by atoms with E-state index < -0.39 is 18.5 Å². The summed E-state index contributed by atoms with van der Waals surface area (Å²) in [5, 5.41) is 7.28. The Bertz CT molecular complexity index is 115. The molecule has 7 heteroatoms. The highest BCUT2D eigenvalue weighted by Crippen LogP contribution is 2.38. The molecule has 0 aromatic rings. The fourth-order valence-corrected chi connectivity index (χ4v) is 0.135. The van der Waals surface area contributed by atoms with Gasteiger partial charge in [0, 0.05) is 0 Å². The van der Waals surface area contributed by atoms with Gasteiger partial charge < -0.3 is 5.11 Å². The van der Waals surface area contributed by atoms with Gasteiger partial charge in [0.25, 0.3) is 6.36 Å². The Morgan fingerprint density at radius 1 is 1.00 bits per heavy atom. The van der Waals surface area contributed by atoms with Crippen LogP contribution in [0, 0.1) is 0 Å². The van der Waals surface area contributed by atoms with Crippen molar-refractivity contribution in [1.82, 2.24) is 0 Å². The average molecular weight is 168 g/mol. The topological polar surface area (TPSA) is 20.2 Å². The number of rotatable bonds is 1. The Morgan fingerprint density at radius 3 is 1.30 bits per heavy atom. The second-order valence-corrected chi connectivity index (χ2v) is 1.46. The van der Waals surface area contributed by atoms with E-state index in [1.54, 1.807) is 0 Å². The number of aliphatic hydroxyl groups is 1. The summed E-state index contributed by atoms with van der Waals surface area (Å²) < 4.78 is 66.5. The molecule has 62 valence electrons. The van der Waals surface area contributed by atoms with Gasteiger partial charge in [-0.15, -0.1) is 0 Å². The molecule has 1 atom stereocenters. The summed E-state index contributed by atoms with van der Waals surface area (Å²) >= 11 is 0. The average Bonchev–Trinajstić information content (AvgIpc) is 1.62. The van der Waals surface area contributed by atoms with Gasteiger partial charge >= 0.3 is 12.1 Å². The van der Waals surface area contributed by atoms with Crippen molar-refractivity contribution in [3.05, 3.63) is 0 Å². The summed E-state index contributed by atoms with van der Waals surface area (Å²) in [5.41, 5.74) is 0. The third-order valence-electron chi connectivity index (χ3n) is 0.677. The molecule has 0 aliphatic rings. The molecule has 0 aromatic carbocycles. The molecule has 0 fully saturated rings. The van der Waals surface area contributed by atoms with Crippen LogP contribution in [0.3, 0.4) is 0 Å². The maximum absolute atomic E-state index is 11.3. The SMILES string of the molecule is OC(F)C(F)(F)C(F)(F)F. The number of hydrogen-bond donors (Lipinski definition) is 1. The van der Waals surface area contributed by atoms with Crippen LogP contribution in [0.4, 0.5) is 26.3 Å². The molecular weight excluding hydrogens is 166 g/mol. The summed E-state index contributed by atoms with van der Waals surface area (Å²) in [6, 6.07) is 0. The van der Waals surface area contributed by atoms with E-state index in [1.807, 2.05) is 0 Å². The van der Waals surface area contributed by atoms with E-state index >= 15 is 0 Å². The lowest BCUT2D eigenvalue weighted by atomic mass is 10.3. The third kappa shape index (κ3) is 1.53. The van der Waals surface area contributed by atoms with Crippen LogP contribution in [0.1, 0.15) is 0 Å². The predicted molar refractivity (Wildman–Crippen MR) is 18.1 cm³/mol. The largest absolute Gasteiger partial charge is 0.459 e. The van der Waals surface area contributed by atoms with Crippen LogP contribution in [-0.4, -0.2) is 23.6 Å². The number of hydrogen-bond acceptors (Lipinski definition) is 1. The van der Waals surface area contributed by atoms with Gasteiger partial charge in [-0.2, -0.15) is 22.0 Å². The molecule has 0 heterocycles. The van der Waals surface area contributed by atoms with Crippen molar-refractivity contribution < 1.29 is 31.4 Å². The van der Waals surface area contributed by atoms with E-state index in [1.165, 1.54) is 0 Å². The first kappa shape index (κ1) is 9.54. The van der Waals surface area contributed by atoms with Crippen molar-refractivity contribution in [2.45, 2.75) is 18.5 Å². The van der Waals surface area contributed by atoms with Gasteiger partial charge in [-0.3, -0.25) is 0 Å². The van der Waals surface area contributed by atoms with Crippen LogP contribution in [0.5, 0.6) is 0 Å². The Balaban J connectivity index is 4.40. The van der Waals surface area contributed by atoms with Gasteiger partial charge in [0.2, 0.25) is 0 Å². The van der Waals surface area contributed by atoms with Crippen molar-refractivity contribution in [3.8, 4) is 0 Å². The molecule has 0 radical (unpaired) electrons. The standard InChI is InChI=1S/C3H2F6O/c4-1(10)2(5,6)3(7,8)9/h1,10H. The molecule has 0 rings (SSSR count). The van der Waals surface area contributed by atoms with E-state index in [0.717, 1.165) is 0 Å². The quantitative estimate of drug-likeness (QED) is 0.587. The zero-order valence-corrected chi connectivity index (χ0v) is 4.29. The molecule has 0 aliphatic carbocycles. The second-order valence-electron chi connectivity index (χ2n) is 1.46. The highest BCUT2D eigenvalue weighted by molar-refractivity contribution is 4.77. The summed E-state index contributed by atoms with van der Waals surface area (Å²) in [5.74, 6) is -5.67. The minimum absolute atomic E-state index is 4.20. The summed E-state index contributed by atoms with van der Waals surface area (Å²) in [6.07, 6.45) is -10.2. The van der Waals surface area contributed by atoms with Crippen molar-refractivity contribution in [2.75, 3.05) is 0 Å². The van der Waals surface area contributed by atoms with Crippen LogP contribution >= 0.6 is 0 Å². The lowest BCUT2D eigenvalue weighted by Crippen LogP contribution is -2.44. The van der Waals surface area contributed by atoms with Crippen LogP contribution in [-0.2, 0) is 0 Å². The minimum Gasteiger partial charge on any atom is -0.359 e. The zero-order chi connectivity index (χ0) is 8.58. The van der Waals surface area contributed by atoms with Crippen LogP contribution in [0.25, 0.3) is 0 Å². The predicted octanol–water partition coefficient (Wildman–Crippen LogP) is 1.47. The fraction of sp³-hybridized carbons (Fsp3) is 1.00. The molecule has 1 unspecified atom stereocenters. The van der Waals surface area contributed by atoms with Gasteiger partial charge in [-0.05, 0) is 0 Å². The smallest absolute Gasteiger partial charge is 0.359 e. The highest BCUT2D eigenvalue weighted by Gasteiger charge is 2.63. The second kappa shape index (κ2) is 2.30. The van der Waals surface area contributed by atoms with Gasteiger partial charge in [0.15, 0.2) is 0 Å². The van der Waals surface area contributed by atoms with Gasteiger partial charge in [0.1, 0.15) is 0 Å². The van der Waals surface area contributed by atoms with Crippen molar-refractivity contribution in [2.24, 2.45) is 0 Å². The van der Waals surface area contributed by atoms with Crippen LogP contribution < -0.4 is 0 Å². The number of aliphatic hydroxyl groups excluding tert-OH is 1. The molecular formula is C3H2F6O. The van der Waals surface area contributed by atoms with Crippen molar-refractivity contribution in [1.29, 1.82) is 0 Å². The lowest BCUT2D eigenvalue weighted by molar-refractivity contribution is -0.333. The lowest BCUT2D eigenvalue weighted by Gasteiger charge is -2.18. The first-order valence-electron chi connectivity index (χ1n) is 1.96. The molecule has 1 N–H and O–H groups in total. The molecule has 0 aromatic heterocycles. The number of alkyl halides is 6. The van der Waals surface area contributed by atoms with Gasteiger partial charge in [-0.25, -0.2) is 4.39 Å². The minimum atomic E-state index is -6.04. The van der Waals surface area contributed by atoms with E-state index in [2.05, 4.69) is 0 Å². The van der Waals surface area contributed by atoms with Gasteiger partial charge in [-0.1, -0.05) is 0 Å². The molecule has 0 spiro atoms. The molecule has 0 aliphatic heterocycles. The van der Waals surface area contributed by atoms with E-state index in [4.69, 9.17) is 5.11 Å². The molecule has 1 nitrogen and oxygen atoms in total. The Kier molecular flexibility index (Phi) is 2.19. The molecule has 0 bridgehead atoms. The van der Waals surface area contributed by atoms with E-state index in [9.17, 15) is 26.3 Å². The summed E-state index contributed by atoms with van der Waals surface area (Å²) in [4.78, 5) is 0. The zero-order valence-electron chi connectivity index (χ0n) is 4.29. The van der Waals surface area contributed by atoms with E-state index in [0.29, 0.717) is 0 Å². The Labute approximate surface area is 51.3 Å². The van der Waals surface area contributed by atoms with E-state index in [-0.39, 0.29) is 0 Å². The summed E-state index contributed by atoms with van der Waals surface area (Å²) in [6.45, 7) is 0. The van der Waals surface area contributed by atoms with Crippen molar-refractivity contribution >= 4 is 0 Å². The monoisotopic (exact) mass is 168 g/mol. The van der Waals surface area contributed by atoms with Crippen LogP contribution in [0.15, 0.2) is 0 Å². The maximum Gasteiger partial charge on any atom is 0.459 e. The van der Waals surface area contributed by atoms with Crippen LogP contribution in [0.2, 0.25) is 0 Å². The maximum atomic E-state index is 11.3. The molecule has 0 saturated carbocycles.